The Kier molecular flexibility index (Phi) is 5.37. The summed E-state index contributed by atoms with van der Waals surface area (Å²) in [5.41, 5.74) is -2.50. The lowest BCUT2D eigenvalue weighted by molar-refractivity contribution is 0.0245. The molecule has 2 aromatic rings. The predicted octanol–water partition coefficient (Wildman–Crippen LogP) is 0.922. The molecule has 2 N–H and O–H groups in total. The molecule has 11 heteroatoms. The minimum absolute atomic E-state index is 0.0231. The summed E-state index contributed by atoms with van der Waals surface area (Å²) in [5.74, 6) is -3.88. The average Bonchev–Trinajstić information content (AvgIpc) is 3.24. The van der Waals surface area contributed by atoms with Crippen LogP contribution < -0.4 is 15.8 Å². The molecule has 1 aromatic heterocycles. The van der Waals surface area contributed by atoms with E-state index in [0.29, 0.717) is 25.6 Å². The van der Waals surface area contributed by atoms with Gasteiger partial charge in [0.05, 0.1) is 13.2 Å². The van der Waals surface area contributed by atoms with Crippen molar-refractivity contribution in [1.29, 1.82) is 0 Å². The Balaban J connectivity index is 1.71. The largest absolute Gasteiger partial charge is 0.502 e. The first-order chi connectivity index (χ1) is 15.2. The van der Waals surface area contributed by atoms with Crippen LogP contribution in [0.25, 0.3) is 0 Å². The third-order valence-corrected chi connectivity index (χ3v) is 6.04. The second-order valence-corrected chi connectivity index (χ2v) is 7.69. The molecule has 1 spiro atoms. The molecule has 1 aromatic carbocycles. The van der Waals surface area contributed by atoms with Crippen LogP contribution in [-0.4, -0.2) is 59.0 Å². The average molecular weight is 448 g/mol. The smallest absolute Gasteiger partial charge is 0.278 e. The number of carbonyl (C=O) groups is 2. The van der Waals surface area contributed by atoms with Crippen molar-refractivity contribution in [1.82, 2.24) is 14.9 Å². The maximum Gasteiger partial charge on any atom is 0.278 e. The van der Waals surface area contributed by atoms with Gasteiger partial charge < -0.3 is 20.1 Å². The summed E-state index contributed by atoms with van der Waals surface area (Å²) in [4.78, 5) is 40.1. The highest BCUT2D eigenvalue weighted by Gasteiger charge is 2.51. The van der Waals surface area contributed by atoms with Crippen molar-refractivity contribution >= 4 is 11.8 Å². The van der Waals surface area contributed by atoms with Crippen LogP contribution in [-0.2, 0) is 11.3 Å². The number of carbonyl (C=O) groups excluding carboxylic acids is 2. The maximum atomic E-state index is 13.8. The van der Waals surface area contributed by atoms with Gasteiger partial charge in [-0.1, -0.05) is 6.07 Å². The summed E-state index contributed by atoms with van der Waals surface area (Å²) in [5, 5.41) is 14.6. The molecule has 1 fully saturated rings. The number of aromatic hydroxyl groups is 1. The van der Waals surface area contributed by atoms with E-state index in [0.717, 1.165) is 6.07 Å². The van der Waals surface area contributed by atoms with Gasteiger partial charge >= 0.3 is 0 Å². The maximum absolute atomic E-state index is 13.8. The van der Waals surface area contributed by atoms with Crippen LogP contribution in [0.1, 0.15) is 39.8 Å². The lowest BCUT2D eigenvalue weighted by Crippen LogP contribution is -2.69. The van der Waals surface area contributed by atoms with Gasteiger partial charge in [0.25, 0.3) is 11.8 Å². The van der Waals surface area contributed by atoms with Crippen LogP contribution in [0.3, 0.4) is 0 Å². The van der Waals surface area contributed by atoms with Crippen molar-refractivity contribution < 1.29 is 28.2 Å². The molecule has 1 saturated heterocycles. The Bertz CT molecular complexity index is 1160. The van der Waals surface area contributed by atoms with E-state index in [9.17, 15) is 28.3 Å². The molecule has 1 atom stereocenters. The Morgan fingerprint density at radius 1 is 1.31 bits per heavy atom. The van der Waals surface area contributed by atoms with Gasteiger partial charge in [0, 0.05) is 44.4 Å². The molecule has 9 nitrogen and oxygen atoms in total. The van der Waals surface area contributed by atoms with Gasteiger partial charge in [0.15, 0.2) is 17.1 Å². The van der Waals surface area contributed by atoms with Gasteiger partial charge in [-0.05, 0) is 13.0 Å². The lowest BCUT2D eigenvalue weighted by Gasteiger charge is -2.51. The number of ether oxygens (including phenoxy) is 1. The van der Waals surface area contributed by atoms with Gasteiger partial charge in [-0.15, -0.1) is 0 Å². The highest BCUT2D eigenvalue weighted by molar-refractivity contribution is 5.99. The number of hydrogen-bond acceptors (Lipinski definition) is 6. The van der Waals surface area contributed by atoms with Crippen molar-refractivity contribution in [3.63, 3.8) is 0 Å². The number of hydrogen-bond donors (Lipinski definition) is 2. The van der Waals surface area contributed by atoms with Crippen LogP contribution in [0.4, 0.5) is 8.78 Å². The molecule has 0 saturated carbocycles. The number of fused-ring (bicyclic) bond motifs is 1. The Hall–Kier alpha value is -3.47. The Labute approximate surface area is 181 Å². The van der Waals surface area contributed by atoms with Crippen LogP contribution in [0.5, 0.6) is 5.75 Å². The number of halogens is 2. The molecular weight excluding hydrogens is 426 g/mol. The van der Waals surface area contributed by atoms with E-state index in [1.54, 1.807) is 19.0 Å². The van der Waals surface area contributed by atoms with E-state index in [1.807, 2.05) is 0 Å². The first kappa shape index (κ1) is 21.8. The Morgan fingerprint density at radius 2 is 2.06 bits per heavy atom. The van der Waals surface area contributed by atoms with Gasteiger partial charge in [0.1, 0.15) is 17.2 Å². The van der Waals surface area contributed by atoms with Crippen LogP contribution in [0.2, 0.25) is 0 Å². The molecule has 2 amide bonds. The van der Waals surface area contributed by atoms with Crippen LogP contribution in [0, 0.1) is 11.6 Å². The molecule has 170 valence electrons. The van der Waals surface area contributed by atoms with Crippen LogP contribution in [0.15, 0.2) is 29.2 Å². The molecule has 1 unspecified atom stereocenters. The van der Waals surface area contributed by atoms with Gasteiger partial charge in [-0.3, -0.25) is 24.1 Å². The lowest BCUT2D eigenvalue weighted by atomic mass is 10.0. The summed E-state index contributed by atoms with van der Waals surface area (Å²) in [7, 11) is 1.67. The van der Waals surface area contributed by atoms with E-state index >= 15 is 0 Å². The van der Waals surface area contributed by atoms with E-state index in [4.69, 9.17) is 4.74 Å². The molecule has 0 radical (unpaired) electrons. The second-order valence-electron chi connectivity index (χ2n) is 7.69. The van der Waals surface area contributed by atoms with Crippen molar-refractivity contribution in [3.05, 3.63) is 63.1 Å². The number of likely N-dealkylation sites (N-methyl/N-ethyl adjacent to an activating group) is 2. The van der Waals surface area contributed by atoms with E-state index in [-0.39, 0.29) is 24.4 Å². The van der Waals surface area contributed by atoms with Crippen molar-refractivity contribution in [2.24, 2.45) is 0 Å². The summed E-state index contributed by atoms with van der Waals surface area (Å²) in [6.07, 6.45) is 1.68. The molecule has 32 heavy (non-hydrogen) atoms. The molecule has 0 bridgehead atoms. The van der Waals surface area contributed by atoms with E-state index < -0.39 is 45.9 Å². The number of amides is 2. The van der Waals surface area contributed by atoms with Crippen molar-refractivity contribution in [2.45, 2.75) is 25.6 Å². The third kappa shape index (κ3) is 3.20. The van der Waals surface area contributed by atoms with Crippen molar-refractivity contribution in [2.75, 3.05) is 31.8 Å². The quantitative estimate of drug-likeness (QED) is 0.721. The summed E-state index contributed by atoms with van der Waals surface area (Å²) < 4.78 is 33.7. The number of pyridine rings is 1. The monoisotopic (exact) mass is 448 g/mol. The third-order valence-electron chi connectivity index (χ3n) is 6.04. The molecule has 2 aliphatic rings. The number of aromatic nitrogens is 1. The standard InChI is InChI=1S/C21H22F2N4O5/c1-3-26-20(31)16-18(29)17(28)14(10-27(16)25(2)21(26)6-7-32-11-21)19(30)24-9-12-4-5-13(22)8-15(12)23/h4-5,8,10,29H,3,6-7,9,11H2,1-2H3,(H,24,30). The van der Waals surface area contributed by atoms with Gasteiger partial charge in [-0.25, -0.2) is 8.78 Å². The van der Waals surface area contributed by atoms with Crippen LogP contribution >= 0.6 is 0 Å². The first-order valence-electron chi connectivity index (χ1n) is 10.1. The zero-order valence-electron chi connectivity index (χ0n) is 17.5. The predicted molar refractivity (Wildman–Crippen MR) is 109 cm³/mol. The minimum Gasteiger partial charge on any atom is -0.502 e. The fourth-order valence-electron chi connectivity index (χ4n) is 4.26. The van der Waals surface area contributed by atoms with Gasteiger partial charge in [-0.2, -0.15) is 0 Å². The highest BCUT2D eigenvalue weighted by Crippen LogP contribution is 2.35. The first-order valence-corrected chi connectivity index (χ1v) is 10.1. The molecule has 4 rings (SSSR count). The molecule has 0 aliphatic carbocycles. The number of nitrogens with zero attached hydrogens (tertiary/aromatic N) is 3. The van der Waals surface area contributed by atoms with Gasteiger partial charge in [0.2, 0.25) is 5.43 Å². The zero-order chi connectivity index (χ0) is 23.2. The van der Waals surface area contributed by atoms with E-state index in [1.165, 1.54) is 21.8 Å². The summed E-state index contributed by atoms with van der Waals surface area (Å²) in [6.45, 7) is 2.45. The normalized spacial score (nSPS) is 20.1. The number of nitrogens with one attached hydrogen (secondary N) is 1. The summed E-state index contributed by atoms with van der Waals surface area (Å²) in [6, 6.07) is 2.91. The molecule has 2 aliphatic heterocycles. The van der Waals surface area contributed by atoms with E-state index in [2.05, 4.69) is 5.32 Å². The highest BCUT2D eigenvalue weighted by atomic mass is 19.1. The number of benzene rings is 1. The van der Waals surface area contributed by atoms with Crippen molar-refractivity contribution in [3.8, 4) is 5.75 Å². The SMILES string of the molecule is CCN1C(=O)c2c(O)c(=O)c(C(=O)NCc3ccc(F)cc3F)cn2N(C)C12CCOC2. The Morgan fingerprint density at radius 3 is 2.69 bits per heavy atom. The number of rotatable bonds is 4. The molecular formula is C21H22F2N4O5. The summed E-state index contributed by atoms with van der Waals surface area (Å²) >= 11 is 0. The fourth-order valence-corrected chi connectivity index (χ4v) is 4.26. The fraction of sp³-hybridized carbons (Fsp3) is 0.381. The minimum atomic E-state index is -1.02. The molecule has 3 heterocycles. The second kappa shape index (κ2) is 7.90. The zero-order valence-corrected chi connectivity index (χ0v) is 17.5. The topological polar surface area (TPSA) is 104 Å².